The number of benzene rings is 2. The van der Waals surface area contributed by atoms with Crippen LogP contribution in [0.1, 0.15) is 42.1 Å². The summed E-state index contributed by atoms with van der Waals surface area (Å²) in [6.07, 6.45) is 4.08. The maximum Gasteiger partial charge on any atom is 0.259 e. The lowest BCUT2D eigenvalue weighted by atomic mass is 10.0. The van der Waals surface area contributed by atoms with Crippen LogP contribution in [0.15, 0.2) is 54.6 Å². The lowest BCUT2D eigenvalue weighted by Gasteiger charge is -2.30. The Labute approximate surface area is 179 Å². The first-order valence-electron chi connectivity index (χ1n) is 11.1. The number of hydrogen-bond acceptors (Lipinski definition) is 3. The highest BCUT2D eigenvalue weighted by molar-refractivity contribution is 6.11. The second kappa shape index (κ2) is 9.43. The van der Waals surface area contributed by atoms with Gasteiger partial charge in [0.05, 0.1) is 0 Å². The van der Waals surface area contributed by atoms with Crippen LogP contribution >= 0.6 is 0 Å². The minimum absolute atomic E-state index is 0.0671. The Kier molecular flexibility index (Phi) is 6.48. The number of para-hydroxylation sites is 1. The van der Waals surface area contributed by atoms with E-state index in [0.717, 1.165) is 43.2 Å². The zero-order chi connectivity index (χ0) is 20.9. The van der Waals surface area contributed by atoms with E-state index >= 15 is 0 Å². The van der Waals surface area contributed by atoms with Gasteiger partial charge in [-0.15, -0.1) is 0 Å². The second-order valence-corrected chi connectivity index (χ2v) is 8.58. The minimum atomic E-state index is -0.495. The SMILES string of the molecule is C[C@H]1CCCN(CCCNC(=O)[C@@H]2Cc3ccccc3N2C(=O)c2ccccc2)C1. The molecule has 2 atom stereocenters. The number of amides is 2. The molecule has 158 valence electrons. The predicted molar refractivity (Wildman–Crippen MR) is 120 cm³/mol. The van der Waals surface area contributed by atoms with Gasteiger partial charge < -0.3 is 10.2 Å². The zero-order valence-electron chi connectivity index (χ0n) is 17.7. The predicted octanol–water partition coefficient (Wildman–Crippen LogP) is 3.50. The number of nitrogens with zero attached hydrogens (tertiary/aromatic N) is 2. The third kappa shape index (κ3) is 4.57. The minimum Gasteiger partial charge on any atom is -0.354 e. The van der Waals surface area contributed by atoms with Crippen LogP contribution in [0.4, 0.5) is 5.69 Å². The second-order valence-electron chi connectivity index (χ2n) is 8.58. The van der Waals surface area contributed by atoms with Crippen molar-refractivity contribution < 1.29 is 9.59 Å². The summed E-state index contributed by atoms with van der Waals surface area (Å²) in [5.74, 6) is 0.577. The van der Waals surface area contributed by atoms with Crippen LogP contribution in [0.2, 0.25) is 0 Å². The fourth-order valence-electron chi connectivity index (χ4n) is 4.69. The fraction of sp³-hybridized carbons (Fsp3) is 0.440. The maximum atomic E-state index is 13.2. The maximum absolute atomic E-state index is 13.2. The number of piperidine rings is 1. The van der Waals surface area contributed by atoms with Crippen LogP contribution in [0.3, 0.4) is 0 Å². The van der Waals surface area contributed by atoms with Crippen LogP contribution in [0.5, 0.6) is 0 Å². The molecular formula is C25H31N3O2. The van der Waals surface area contributed by atoms with E-state index in [9.17, 15) is 9.59 Å². The highest BCUT2D eigenvalue weighted by Gasteiger charge is 2.38. The van der Waals surface area contributed by atoms with Gasteiger partial charge in [-0.1, -0.05) is 43.3 Å². The molecule has 30 heavy (non-hydrogen) atoms. The van der Waals surface area contributed by atoms with Gasteiger partial charge >= 0.3 is 0 Å². The van der Waals surface area contributed by atoms with Crippen LogP contribution in [0.25, 0.3) is 0 Å². The van der Waals surface area contributed by atoms with E-state index in [1.165, 1.54) is 12.8 Å². The molecule has 5 nitrogen and oxygen atoms in total. The Hall–Kier alpha value is -2.66. The van der Waals surface area contributed by atoms with Crippen LogP contribution < -0.4 is 10.2 Å². The normalized spacial score (nSPS) is 21.3. The number of hydrogen-bond donors (Lipinski definition) is 1. The van der Waals surface area contributed by atoms with Crippen molar-refractivity contribution in [1.82, 2.24) is 10.2 Å². The molecule has 2 heterocycles. The molecule has 1 fully saturated rings. The molecule has 0 bridgehead atoms. The van der Waals surface area contributed by atoms with Crippen molar-refractivity contribution in [2.75, 3.05) is 31.1 Å². The summed E-state index contributed by atoms with van der Waals surface area (Å²) >= 11 is 0. The number of carbonyl (C=O) groups is 2. The lowest BCUT2D eigenvalue weighted by molar-refractivity contribution is -0.122. The average molecular weight is 406 g/mol. The molecule has 5 heteroatoms. The summed E-state index contributed by atoms with van der Waals surface area (Å²) in [6, 6.07) is 16.5. The van der Waals surface area contributed by atoms with E-state index in [4.69, 9.17) is 0 Å². The van der Waals surface area contributed by atoms with E-state index in [0.29, 0.717) is 18.5 Å². The van der Waals surface area contributed by atoms with Crippen molar-refractivity contribution in [3.63, 3.8) is 0 Å². The zero-order valence-corrected chi connectivity index (χ0v) is 17.7. The molecule has 2 aromatic rings. The van der Waals surface area contributed by atoms with Crippen LogP contribution in [-0.2, 0) is 11.2 Å². The Bertz CT molecular complexity index is 883. The molecule has 0 aliphatic carbocycles. The van der Waals surface area contributed by atoms with Gasteiger partial charge in [-0.25, -0.2) is 0 Å². The lowest BCUT2D eigenvalue weighted by Crippen LogP contribution is -2.48. The highest BCUT2D eigenvalue weighted by Crippen LogP contribution is 2.33. The van der Waals surface area contributed by atoms with Gasteiger partial charge in [-0.05, 0) is 62.0 Å². The van der Waals surface area contributed by atoms with Gasteiger partial charge in [0, 0.05) is 30.8 Å². The number of fused-ring (bicyclic) bond motifs is 1. The number of likely N-dealkylation sites (tertiary alicyclic amines) is 1. The molecule has 1 N–H and O–H groups in total. The third-order valence-corrected chi connectivity index (χ3v) is 6.21. The summed E-state index contributed by atoms with van der Waals surface area (Å²) in [7, 11) is 0. The molecule has 2 aromatic carbocycles. The van der Waals surface area contributed by atoms with E-state index in [1.54, 1.807) is 17.0 Å². The van der Waals surface area contributed by atoms with E-state index in [2.05, 4.69) is 17.1 Å². The van der Waals surface area contributed by atoms with E-state index in [1.807, 2.05) is 42.5 Å². The molecule has 0 unspecified atom stereocenters. The quantitative estimate of drug-likeness (QED) is 0.749. The van der Waals surface area contributed by atoms with Crippen molar-refractivity contribution in [3.05, 3.63) is 65.7 Å². The molecule has 1 saturated heterocycles. The smallest absolute Gasteiger partial charge is 0.259 e. The van der Waals surface area contributed by atoms with Gasteiger partial charge in [0.1, 0.15) is 6.04 Å². The summed E-state index contributed by atoms with van der Waals surface area (Å²) < 4.78 is 0. The van der Waals surface area contributed by atoms with Gasteiger partial charge in [-0.2, -0.15) is 0 Å². The van der Waals surface area contributed by atoms with Crippen molar-refractivity contribution in [1.29, 1.82) is 0 Å². The van der Waals surface area contributed by atoms with Crippen molar-refractivity contribution in [2.24, 2.45) is 5.92 Å². The Balaban J connectivity index is 1.39. The first-order valence-corrected chi connectivity index (χ1v) is 11.1. The Morgan fingerprint density at radius 3 is 2.63 bits per heavy atom. The molecule has 0 aromatic heterocycles. The summed E-state index contributed by atoms with van der Waals surface area (Å²) in [5.41, 5.74) is 2.49. The molecule has 2 aliphatic rings. The number of carbonyl (C=O) groups excluding carboxylic acids is 2. The number of rotatable bonds is 6. The molecule has 0 saturated carbocycles. The summed E-state index contributed by atoms with van der Waals surface area (Å²) in [4.78, 5) is 30.4. The van der Waals surface area contributed by atoms with Gasteiger partial charge in [-0.3, -0.25) is 14.5 Å². The van der Waals surface area contributed by atoms with Crippen molar-refractivity contribution in [3.8, 4) is 0 Å². The van der Waals surface area contributed by atoms with E-state index < -0.39 is 6.04 Å². The molecule has 4 rings (SSSR count). The fourth-order valence-corrected chi connectivity index (χ4v) is 4.69. The first-order chi connectivity index (χ1) is 14.6. The largest absolute Gasteiger partial charge is 0.354 e. The molecule has 2 aliphatic heterocycles. The Morgan fingerprint density at radius 1 is 1.07 bits per heavy atom. The average Bonchev–Trinajstić information content (AvgIpc) is 3.16. The molecule has 0 radical (unpaired) electrons. The van der Waals surface area contributed by atoms with Crippen molar-refractivity contribution in [2.45, 2.75) is 38.6 Å². The van der Waals surface area contributed by atoms with Crippen molar-refractivity contribution >= 4 is 17.5 Å². The monoisotopic (exact) mass is 405 g/mol. The molecule has 0 spiro atoms. The number of anilines is 1. The van der Waals surface area contributed by atoms with Gasteiger partial charge in [0.2, 0.25) is 5.91 Å². The van der Waals surface area contributed by atoms with Crippen LogP contribution in [-0.4, -0.2) is 48.9 Å². The van der Waals surface area contributed by atoms with Gasteiger partial charge in [0.15, 0.2) is 0 Å². The highest BCUT2D eigenvalue weighted by atomic mass is 16.2. The third-order valence-electron chi connectivity index (χ3n) is 6.21. The molecular weight excluding hydrogens is 374 g/mol. The topological polar surface area (TPSA) is 52.7 Å². The Morgan fingerprint density at radius 2 is 1.83 bits per heavy atom. The summed E-state index contributed by atoms with van der Waals surface area (Å²) in [6.45, 7) is 6.29. The first kappa shape index (κ1) is 20.6. The standard InChI is InChI=1S/C25H31N3O2/c1-19-9-7-15-27(18-19)16-8-14-26-24(29)23-17-21-12-5-6-13-22(21)28(23)25(30)20-10-3-2-4-11-20/h2-6,10-13,19,23H,7-9,14-18H2,1H3,(H,26,29)/t19-,23-/m0/s1. The van der Waals surface area contributed by atoms with Crippen LogP contribution in [0, 0.1) is 5.92 Å². The van der Waals surface area contributed by atoms with E-state index in [-0.39, 0.29) is 11.8 Å². The van der Waals surface area contributed by atoms with Gasteiger partial charge in [0.25, 0.3) is 5.91 Å². The number of nitrogens with one attached hydrogen (secondary N) is 1. The molecule has 2 amide bonds. The summed E-state index contributed by atoms with van der Waals surface area (Å²) in [5, 5.41) is 3.09.